The third-order valence-electron chi connectivity index (χ3n) is 6.66. The molecule has 0 spiro atoms. The van der Waals surface area contributed by atoms with Gasteiger partial charge < -0.3 is 21.3 Å². The van der Waals surface area contributed by atoms with E-state index in [0.717, 1.165) is 38.0 Å². The second-order valence-corrected chi connectivity index (χ2v) is 9.36. The molecule has 1 aromatic heterocycles. The number of aromatic nitrogens is 1. The fourth-order valence-electron chi connectivity index (χ4n) is 4.68. The summed E-state index contributed by atoms with van der Waals surface area (Å²) in [7, 11) is 0. The predicted octanol–water partition coefficient (Wildman–Crippen LogP) is 3.81. The third kappa shape index (κ3) is 7.13. The van der Waals surface area contributed by atoms with Crippen LogP contribution in [-0.4, -0.2) is 55.1 Å². The molecule has 1 atom stereocenters. The van der Waals surface area contributed by atoms with Crippen LogP contribution in [0.4, 0.5) is 10.2 Å². The number of rotatable bonds is 11. The summed E-state index contributed by atoms with van der Waals surface area (Å²) < 4.78 is 13.6. The molecule has 1 amide bonds. The van der Waals surface area contributed by atoms with Crippen molar-refractivity contribution in [2.75, 3.05) is 44.6 Å². The van der Waals surface area contributed by atoms with Gasteiger partial charge in [-0.1, -0.05) is 30.3 Å². The lowest BCUT2D eigenvalue weighted by Crippen LogP contribution is -2.32. The number of pyridine rings is 1. The molecule has 4 N–H and O–H groups in total. The maximum Gasteiger partial charge on any atom is 0.255 e. The van der Waals surface area contributed by atoms with Crippen molar-refractivity contribution in [1.29, 1.82) is 5.26 Å². The number of nitrogens with one attached hydrogen (secondary N) is 2. The maximum absolute atomic E-state index is 13.6. The van der Waals surface area contributed by atoms with E-state index in [-0.39, 0.29) is 11.7 Å². The zero-order valence-electron chi connectivity index (χ0n) is 20.9. The minimum absolute atomic E-state index is 0.193. The second-order valence-electron chi connectivity index (χ2n) is 9.36. The summed E-state index contributed by atoms with van der Waals surface area (Å²) in [6, 6.07) is 19.4. The molecule has 0 aliphatic carbocycles. The van der Waals surface area contributed by atoms with E-state index < -0.39 is 0 Å². The summed E-state index contributed by atoms with van der Waals surface area (Å²) >= 11 is 0. The van der Waals surface area contributed by atoms with Gasteiger partial charge in [0.1, 0.15) is 11.6 Å². The lowest BCUT2D eigenvalue weighted by atomic mass is 10.0. The van der Waals surface area contributed by atoms with E-state index in [4.69, 9.17) is 10.7 Å². The van der Waals surface area contributed by atoms with Gasteiger partial charge in [-0.25, -0.2) is 9.37 Å². The fourth-order valence-corrected chi connectivity index (χ4v) is 4.68. The number of carbonyl (C=O) groups excluding carboxylic acids is 1. The standard InChI is InChI=1S/C29H33FN6O/c30-24-7-3-5-21(17-24)11-14-33-28-26(9-10-27(35-28)25-8-2-1-6-23(25)18-32)29(37)34-19-22-12-16-36(20-22)15-4-13-31/h1-3,5-10,17,22H,4,11-16,19-20,31H2,(H,33,35)(H,34,37). The average Bonchev–Trinajstić information content (AvgIpc) is 3.38. The highest BCUT2D eigenvalue weighted by atomic mass is 19.1. The Bertz CT molecular complexity index is 1260. The Hall–Kier alpha value is -3.80. The van der Waals surface area contributed by atoms with Gasteiger partial charge in [0, 0.05) is 25.2 Å². The first-order valence-electron chi connectivity index (χ1n) is 12.8. The fraction of sp³-hybridized carbons (Fsp3) is 0.345. The summed E-state index contributed by atoms with van der Waals surface area (Å²) in [6.07, 6.45) is 2.60. The SMILES string of the molecule is N#Cc1ccccc1-c1ccc(C(=O)NCC2CCN(CCCN)C2)c(NCCc2cccc(F)c2)n1. The number of carbonyl (C=O) groups is 1. The van der Waals surface area contributed by atoms with Crippen molar-refractivity contribution >= 4 is 11.7 Å². The van der Waals surface area contributed by atoms with Crippen LogP contribution in [0.3, 0.4) is 0 Å². The Morgan fingerprint density at radius 1 is 1.19 bits per heavy atom. The van der Waals surface area contributed by atoms with Crippen molar-refractivity contribution in [3.63, 3.8) is 0 Å². The van der Waals surface area contributed by atoms with Gasteiger partial charge in [0.2, 0.25) is 0 Å². The first-order chi connectivity index (χ1) is 18.1. The van der Waals surface area contributed by atoms with Crippen LogP contribution in [0, 0.1) is 23.1 Å². The van der Waals surface area contributed by atoms with Crippen molar-refractivity contribution in [3.05, 3.63) is 83.2 Å². The highest BCUT2D eigenvalue weighted by molar-refractivity contribution is 5.99. The quantitative estimate of drug-likeness (QED) is 0.370. The molecule has 7 nitrogen and oxygen atoms in total. The van der Waals surface area contributed by atoms with Gasteiger partial charge in [-0.3, -0.25) is 4.79 Å². The zero-order chi connectivity index (χ0) is 26.0. The summed E-state index contributed by atoms with van der Waals surface area (Å²) in [5, 5.41) is 15.9. The van der Waals surface area contributed by atoms with Crippen LogP contribution in [0.5, 0.6) is 0 Å². The molecule has 1 aliphatic rings. The zero-order valence-corrected chi connectivity index (χ0v) is 20.9. The first kappa shape index (κ1) is 26.3. The molecule has 8 heteroatoms. The molecule has 2 heterocycles. The molecule has 0 saturated carbocycles. The summed E-state index contributed by atoms with van der Waals surface area (Å²) in [5.74, 6) is 0.372. The molecule has 192 valence electrons. The maximum atomic E-state index is 13.6. The minimum Gasteiger partial charge on any atom is -0.369 e. The highest BCUT2D eigenvalue weighted by Crippen LogP contribution is 2.25. The van der Waals surface area contributed by atoms with Gasteiger partial charge >= 0.3 is 0 Å². The summed E-state index contributed by atoms with van der Waals surface area (Å²) in [6.45, 7) is 4.74. The van der Waals surface area contributed by atoms with Gasteiger partial charge in [0.25, 0.3) is 5.91 Å². The summed E-state index contributed by atoms with van der Waals surface area (Å²) in [5.41, 5.74) is 8.74. The van der Waals surface area contributed by atoms with E-state index in [1.165, 1.54) is 12.1 Å². The molecule has 1 fully saturated rings. The Kier molecular flexibility index (Phi) is 9.19. The molecular formula is C29H33FN6O. The lowest BCUT2D eigenvalue weighted by molar-refractivity contribution is 0.0948. The molecule has 1 aliphatic heterocycles. The van der Waals surface area contributed by atoms with Crippen LogP contribution >= 0.6 is 0 Å². The van der Waals surface area contributed by atoms with E-state index in [1.54, 1.807) is 24.3 Å². The van der Waals surface area contributed by atoms with E-state index >= 15 is 0 Å². The topological polar surface area (TPSA) is 107 Å². The Labute approximate surface area is 217 Å². The van der Waals surface area contributed by atoms with Gasteiger partial charge in [0.05, 0.1) is 22.9 Å². The van der Waals surface area contributed by atoms with Crippen molar-refractivity contribution in [1.82, 2.24) is 15.2 Å². The molecule has 0 radical (unpaired) electrons. The molecule has 0 bridgehead atoms. The predicted molar refractivity (Wildman–Crippen MR) is 144 cm³/mol. The van der Waals surface area contributed by atoms with Gasteiger partial charge in [-0.05, 0) is 80.7 Å². The first-order valence-corrected chi connectivity index (χ1v) is 12.8. The van der Waals surface area contributed by atoms with Crippen molar-refractivity contribution in [2.45, 2.75) is 19.3 Å². The van der Waals surface area contributed by atoms with Crippen molar-refractivity contribution in [2.24, 2.45) is 11.7 Å². The number of hydrogen-bond donors (Lipinski definition) is 3. The van der Waals surface area contributed by atoms with Gasteiger partial charge in [-0.2, -0.15) is 5.26 Å². The number of nitrogens with two attached hydrogens (primary N) is 1. The minimum atomic E-state index is -0.278. The number of likely N-dealkylation sites (tertiary alicyclic amines) is 1. The highest BCUT2D eigenvalue weighted by Gasteiger charge is 2.23. The third-order valence-corrected chi connectivity index (χ3v) is 6.66. The number of nitriles is 1. The number of hydrogen-bond acceptors (Lipinski definition) is 6. The van der Waals surface area contributed by atoms with E-state index in [2.05, 4.69) is 21.6 Å². The molecule has 37 heavy (non-hydrogen) atoms. The van der Waals surface area contributed by atoms with Crippen LogP contribution in [-0.2, 0) is 6.42 Å². The largest absolute Gasteiger partial charge is 0.369 e. The number of amides is 1. The molecule has 3 aromatic rings. The van der Waals surface area contributed by atoms with Crippen LogP contribution in [0.2, 0.25) is 0 Å². The molecule has 1 saturated heterocycles. The summed E-state index contributed by atoms with van der Waals surface area (Å²) in [4.78, 5) is 20.3. The Morgan fingerprint density at radius 3 is 2.86 bits per heavy atom. The van der Waals surface area contributed by atoms with Crippen LogP contribution in [0.15, 0.2) is 60.7 Å². The second kappa shape index (κ2) is 12.9. The van der Waals surface area contributed by atoms with Crippen LogP contribution in [0.1, 0.15) is 34.3 Å². The molecule has 1 unspecified atom stereocenters. The Morgan fingerprint density at radius 2 is 2.05 bits per heavy atom. The van der Waals surface area contributed by atoms with E-state index in [1.807, 2.05) is 24.3 Å². The number of anilines is 1. The molecule has 2 aromatic carbocycles. The van der Waals surface area contributed by atoms with Crippen LogP contribution in [0.25, 0.3) is 11.3 Å². The normalized spacial score (nSPS) is 15.3. The van der Waals surface area contributed by atoms with Gasteiger partial charge in [-0.15, -0.1) is 0 Å². The van der Waals surface area contributed by atoms with Crippen molar-refractivity contribution < 1.29 is 9.18 Å². The van der Waals surface area contributed by atoms with Crippen LogP contribution < -0.4 is 16.4 Å². The van der Waals surface area contributed by atoms with E-state index in [0.29, 0.717) is 60.2 Å². The molecule has 4 rings (SSSR count). The van der Waals surface area contributed by atoms with E-state index in [9.17, 15) is 14.4 Å². The monoisotopic (exact) mass is 500 g/mol. The van der Waals surface area contributed by atoms with Crippen molar-refractivity contribution in [3.8, 4) is 17.3 Å². The number of nitrogens with zero attached hydrogens (tertiary/aromatic N) is 3. The average molecular weight is 501 g/mol. The Balaban J connectivity index is 1.48. The smallest absolute Gasteiger partial charge is 0.255 e. The number of benzene rings is 2. The van der Waals surface area contributed by atoms with Gasteiger partial charge in [0.15, 0.2) is 0 Å². The number of halogens is 1. The lowest BCUT2D eigenvalue weighted by Gasteiger charge is -2.17. The molecular weight excluding hydrogens is 467 g/mol.